The van der Waals surface area contributed by atoms with Crippen LogP contribution in [0.5, 0.6) is 0 Å². The minimum Gasteiger partial charge on any atom is -0.461 e. The number of nitrogens with zero attached hydrogens (tertiary/aromatic N) is 1. The van der Waals surface area contributed by atoms with E-state index in [2.05, 4.69) is 41.5 Å². The largest absolute Gasteiger partial charge is 0.461 e. The van der Waals surface area contributed by atoms with Crippen molar-refractivity contribution >= 4 is 46.4 Å². The molecule has 1 unspecified atom stereocenters. The predicted molar refractivity (Wildman–Crippen MR) is 117 cm³/mol. The zero-order chi connectivity index (χ0) is 19.5. The van der Waals surface area contributed by atoms with Gasteiger partial charge >= 0.3 is 5.97 Å². The van der Waals surface area contributed by atoms with Crippen LogP contribution in [-0.4, -0.2) is 48.3 Å². The number of benzene rings is 1. The smallest absolute Gasteiger partial charge is 0.328 e. The summed E-state index contributed by atoms with van der Waals surface area (Å²) in [4.78, 5) is 14.5. The van der Waals surface area contributed by atoms with Crippen LogP contribution in [0.4, 0.5) is 11.4 Å². The number of hydrogen-bond acceptors (Lipinski definition) is 5. The Hall–Kier alpha value is -1.47. The average molecular weight is 398 g/mol. The van der Waals surface area contributed by atoms with Crippen molar-refractivity contribution in [2.75, 3.05) is 35.3 Å². The predicted octanol–water partition coefficient (Wildman–Crippen LogP) is 3.89. The second-order valence-electron chi connectivity index (χ2n) is 6.14. The SMILES string of the molecule is CCN(CC)c1ccc(NC(=S)NC(CCSC)C(=O)OC(C)C)cc1. The van der Waals surface area contributed by atoms with E-state index in [1.165, 1.54) is 5.69 Å². The fourth-order valence-corrected chi connectivity index (χ4v) is 3.20. The molecule has 146 valence electrons. The topological polar surface area (TPSA) is 53.6 Å². The molecule has 0 aliphatic carbocycles. The number of anilines is 2. The summed E-state index contributed by atoms with van der Waals surface area (Å²) in [7, 11) is 0. The van der Waals surface area contributed by atoms with Crippen LogP contribution in [0.15, 0.2) is 24.3 Å². The maximum Gasteiger partial charge on any atom is 0.328 e. The van der Waals surface area contributed by atoms with Crippen LogP contribution in [0, 0.1) is 0 Å². The second kappa shape index (κ2) is 12.0. The monoisotopic (exact) mass is 397 g/mol. The summed E-state index contributed by atoms with van der Waals surface area (Å²) in [5, 5.41) is 6.66. The first-order valence-electron chi connectivity index (χ1n) is 9.03. The molecule has 0 saturated carbocycles. The molecular formula is C19H31N3O2S2. The molecule has 26 heavy (non-hydrogen) atoms. The van der Waals surface area contributed by atoms with Gasteiger partial charge in [0.1, 0.15) is 6.04 Å². The lowest BCUT2D eigenvalue weighted by molar-refractivity contribution is -0.149. The third kappa shape index (κ3) is 7.83. The molecule has 1 aromatic rings. The summed E-state index contributed by atoms with van der Waals surface area (Å²) < 4.78 is 5.32. The van der Waals surface area contributed by atoms with Gasteiger partial charge in [0, 0.05) is 24.5 Å². The van der Waals surface area contributed by atoms with Crippen LogP contribution < -0.4 is 15.5 Å². The van der Waals surface area contributed by atoms with E-state index < -0.39 is 6.04 Å². The fourth-order valence-electron chi connectivity index (χ4n) is 2.47. The molecule has 0 spiro atoms. The quantitative estimate of drug-likeness (QED) is 0.459. The van der Waals surface area contributed by atoms with E-state index in [0.717, 1.165) is 24.5 Å². The van der Waals surface area contributed by atoms with Crippen molar-refractivity contribution in [3.8, 4) is 0 Å². The number of esters is 1. The van der Waals surface area contributed by atoms with E-state index >= 15 is 0 Å². The molecule has 1 atom stereocenters. The Balaban J connectivity index is 2.67. The van der Waals surface area contributed by atoms with Gasteiger partial charge in [-0.25, -0.2) is 4.79 Å². The molecule has 0 bridgehead atoms. The first-order chi connectivity index (χ1) is 12.4. The van der Waals surface area contributed by atoms with E-state index in [1.54, 1.807) is 11.8 Å². The maximum absolute atomic E-state index is 12.2. The lowest BCUT2D eigenvalue weighted by Crippen LogP contribution is -2.44. The van der Waals surface area contributed by atoms with Crippen LogP contribution in [0.25, 0.3) is 0 Å². The van der Waals surface area contributed by atoms with E-state index in [-0.39, 0.29) is 12.1 Å². The minimum atomic E-state index is -0.445. The fraction of sp³-hybridized carbons (Fsp3) is 0.579. The first kappa shape index (κ1) is 22.6. The van der Waals surface area contributed by atoms with Crippen LogP contribution in [0.1, 0.15) is 34.1 Å². The van der Waals surface area contributed by atoms with Gasteiger partial charge in [-0.2, -0.15) is 11.8 Å². The minimum absolute atomic E-state index is 0.143. The Kier molecular flexibility index (Phi) is 10.4. The zero-order valence-electron chi connectivity index (χ0n) is 16.4. The molecule has 1 rings (SSSR count). The normalized spacial score (nSPS) is 11.8. The summed E-state index contributed by atoms with van der Waals surface area (Å²) in [6.07, 6.45) is 2.53. The maximum atomic E-state index is 12.2. The number of nitrogens with one attached hydrogen (secondary N) is 2. The molecule has 0 radical (unpaired) electrons. The van der Waals surface area contributed by atoms with Gasteiger partial charge in [0.15, 0.2) is 5.11 Å². The highest BCUT2D eigenvalue weighted by atomic mass is 32.2. The summed E-state index contributed by atoms with van der Waals surface area (Å²) in [6, 6.07) is 7.67. The molecule has 0 fully saturated rings. The Morgan fingerprint density at radius 1 is 1.23 bits per heavy atom. The van der Waals surface area contributed by atoms with E-state index in [1.807, 2.05) is 32.2 Å². The number of carbonyl (C=O) groups excluding carboxylic acids is 1. The second-order valence-corrected chi connectivity index (χ2v) is 7.53. The Bertz CT molecular complexity index is 560. The van der Waals surface area contributed by atoms with Gasteiger partial charge in [0.2, 0.25) is 0 Å². The summed E-state index contributed by atoms with van der Waals surface area (Å²) >= 11 is 7.07. The van der Waals surface area contributed by atoms with Crippen molar-refractivity contribution in [1.82, 2.24) is 5.32 Å². The van der Waals surface area contributed by atoms with E-state index in [4.69, 9.17) is 17.0 Å². The van der Waals surface area contributed by atoms with Gasteiger partial charge in [-0.3, -0.25) is 0 Å². The van der Waals surface area contributed by atoms with Gasteiger partial charge in [-0.15, -0.1) is 0 Å². The van der Waals surface area contributed by atoms with E-state index in [9.17, 15) is 4.79 Å². The van der Waals surface area contributed by atoms with Crippen molar-refractivity contribution < 1.29 is 9.53 Å². The van der Waals surface area contributed by atoms with Gasteiger partial charge in [-0.1, -0.05) is 0 Å². The van der Waals surface area contributed by atoms with Crippen molar-refractivity contribution in [3.05, 3.63) is 24.3 Å². The van der Waals surface area contributed by atoms with Crippen molar-refractivity contribution in [2.24, 2.45) is 0 Å². The number of thioether (sulfide) groups is 1. The number of rotatable bonds is 10. The highest BCUT2D eigenvalue weighted by molar-refractivity contribution is 7.98. The number of ether oxygens (including phenoxy) is 1. The zero-order valence-corrected chi connectivity index (χ0v) is 18.0. The van der Waals surface area contributed by atoms with E-state index in [0.29, 0.717) is 11.5 Å². The number of carbonyl (C=O) groups is 1. The average Bonchev–Trinajstić information content (AvgIpc) is 2.60. The van der Waals surface area contributed by atoms with Gasteiger partial charge in [0.05, 0.1) is 6.10 Å². The molecular weight excluding hydrogens is 366 g/mol. The van der Waals surface area contributed by atoms with Gasteiger partial charge in [-0.05, 0) is 82.6 Å². The summed E-state index contributed by atoms with van der Waals surface area (Å²) in [5.41, 5.74) is 2.07. The third-order valence-corrected chi connectivity index (χ3v) is 4.67. The molecule has 0 aliphatic heterocycles. The molecule has 2 N–H and O–H groups in total. The van der Waals surface area contributed by atoms with Gasteiger partial charge in [0.25, 0.3) is 0 Å². The molecule has 0 aromatic heterocycles. The summed E-state index contributed by atoms with van der Waals surface area (Å²) in [5.74, 6) is 0.585. The van der Waals surface area contributed by atoms with Crippen molar-refractivity contribution in [2.45, 2.75) is 46.3 Å². The molecule has 0 amide bonds. The third-order valence-electron chi connectivity index (χ3n) is 3.81. The highest BCUT2D eigenvalue weighted by Gasteiger charge is 2.21. The molecule has 5 nitrogen and oxygen atoms in total. The highest BCUT2D eigenvalue weighted by Crippen LogP contribution is 2.17. The lowest BCUT2D eigenvalue weighted by atomic mass is 10.2. The molecule has 1 aromatic carbocycles. The molecule has 0 aliphatic rings. The Labute approximate surface area is 167 Å². The van der Waals surface area contributed by atoms with Crippen LogP contribution in [-0.2, 0) is 9.53 Å². The van der Waals surface area contributed by atoms with Gasteiger partial charge < -0.3 is 20.3 Å². The number of hydrogen-bond donors (Lipinski definition) is 2. The molecule has 0 saturated heterocycles. The summed E-state index contributed by atoms with van der Waals surface area (Å²) in [6.45, 7) is 9.91. The molecule has 0 heterocycles. The first-order valence-corrected chi connectivity index (χ1v) is 10.8. The Morgan fingerprint density at radius 2 is 1.85 bits per heavy atom. The van der Waals surface area contributed by atoms with Crippen molar-refractivity contribution in [3.63, 3.8) is 0 Å². The van der Waals surface area contributed by atoms with Crippen LogP contribution in [0.3, 0.4) is 0 Å². The van der Waals surface area contributed by atoms with Crippen molar-refractivity contribution in [1.29, 1.82) is 0 Å². The van der Waals surface area contributed by atoms with Crippen LogP contribution >= 0.6 is 24.0 Å². The Morgan fingerprint density at radius 3 is 2.35 bits per heavy atom. The standard InChI is InChI=1S/C19H31N3O2S2/c1-6-22(7-2)16-10-8-15(9-11-16)20-19(25)21-17(12-13-26-5)18(23)24-14(3)4/h8-11,14,17H,6-7,12-13H2,1-5H3,(H2,20,21,25). The molecule has 7 heteroatoms. The number of thiocarbonyl (C=S) groups is 1. The lowest BCUT2D eigenvalue weighted by Gasteiger charge is -2.22. The van der Waals surface area contributed by atoms with Crippen LogP contribution in [0.2, 0.25) is 0 Å².